The fourth-order valence-corrected chi connectivity index (χ4v) is 1.42. The summed E-state index contributed by atoms with van der Waals surface area (Å²) >= 11 is 0. The summed E-state index contributed by atoms with van der Waals surface area (Å²) in [5.41, 5.74) is 7.60. The summed E-state index contributed by atoms with van der Waals surface area (Å²) in [5.74, 6) is 1.39. The Kier molecular flexibility index (Phi) is 2.87. The zero-order valence-electron chi connectivity index (χ0n) is 9.44. The Morgan fingerprint density at radius 1 is 1.25 bits per heavy atom. The smallest absolute Gasteiger partial charge is 0.181 e. The van der Waals surface area contributed by atoms with Gasteiger partial charge in [0, 0.05) is 25.3 Å². The van der Waals surface area contributed by atoms with Crippen molar-refractivity contribution in [2.24, 2.45) is 5.73 Å². The topological polar surface area (TPSA) is 70.8 Å². The summed E-state index contributed by atoms with van der Waals surface area (Å²) in [6.07, 6.45) is 0. The van der Waals surface area contributed by atoms with Gasteiger partial charge in [-0.2, -0.15) is 5.10 Å². The van der Waals surface area contributed by atoms with Gasteiger partial charge in [-0.3, -0.25) is 5.10 Å². The Morgan fingerprint density at radius 3 is 2.44 bits per heavy atom. The van der Waals surface area contributed by atoms with Crippen molar-refractivity contribution < 1.29 is 0 Å². The number of rotatable bonds is 3. The lowest BCUT2D eigenvalue weighted by Gasteiger charge is -2.11. The molecule has 0 atom stereocenters. The Hall–Kier alpha value is -1.88. The molecule has 0 aliphatic carbocycles. The van der Waals surface area contributed by atoms with Crippen molar-refractivity contribution in [2.45, 2.75) is 6.54 Å². The van der Waals surface area contributed by atoms with Crippen LogP contribution < -0.4 is 10.6 Å². The first-order valence-electron chi connectivity index (χ1n) is 5.10. The molecule has 0 bridgehead atoms. The van der Waals surface area contributed by atoms with E-state index in [0.29, 0.717) is 18.2 Å². The maximum absolute atomic E-state index is 5.46. The van der Waals surface area contributed by atoms with Crippen LogP contribution in [0.4, 0.5) is 5.69 Å². The Labute approximate surface area is 94.3 Å². The second-order valence-electron chi connectivity index (χ2n) is 3.75. The van der Waals surface area contributed by atoms with Crippen LogP contribution in [0.5, 0.6) is 0 Å². The van der Waals surface area contributed by atoms with E-state index in [1.165, 1.54) is 0 Å². The third-order valence-corrected chi connectivity index (χ3v) is 2.37. The van der Waals surface area contributed by atoms with Crippen LogP contribution in [0, 0.1) is 0 Å². The van der Waals surface area contributed by atoms with E-state index in [1.54, 1.807) is 0 Å². The van der Waals surface area contributed by atoms with Gasteiger partial charge in [0.05, 0.1) is 6.54 Å². The van der Waals surface area contributed by atoms with Gasteiger partial charge in [0.15, 0.2) is 5.82 Å². The van der Waals surface area contributed by atoms with E-state index < -0.39 is 0 Å². The third-order valence-electron chi connectivity index (χ3n) is 2.37. The van der Waals surface area contributed by atoms with Crippen molar-refractivity contribution in [3.8, 4) is 11.4 Å². The van der Waals surface area contributed by atoms with Gasteiger partial charge < -0.3 is 10.6 Å². The van der Waals surface area contributed by atoms with Gasteiger partial charge in [-0.15, -0.1) is 0 Å². The van der Waals surface area contributed by atoms with Crippen LogP contribution in [0.15, 0.2) is 24.3 Å². The van der Waals surface area contributed by atoms with Gasteiger partial charge in [0.2, 0.25) is 0 Å². The first-order valence-corrected chi connectivity index (χ1v) is 5.10. The molecule has 84 valence electrons. The lowest BCUT2D eigenvalue weighted by Crippen LogP contribution is -2.07. The van der Waals surface area contributed by atoms with Crippen LogP contribution in [-0.4, -0.2) is 29.3 Å². The van der Waals surface area contributed by atoms with E-state index in [9.17, 15) is 0 Å². The number of H-pyrrole nitrogens is 1. The minimum Gasteiger partial charge on any atom is -0.378 e. The molecular formula is C11H15N5. The Balaban J connectivity index is 2.27. The quantitative estimate of drug-likeness (QED) is 0.804. The summed E-state index contributed by atoms with van der Waals surface area (Å²) < 4.78 is 0. The zero-order valence-corrected chi connectivity index (χ0v) is 9.44. The van der Waals surface area contributed by atoms with Crippen LogP contribution in [0.25, 0.3) is 11.4 Å². The van der Waals surface area contributed by atoms with Crippen LogP contribution >= 0.6 is 0 Å². The molecule has 0 aliphatic rings. The first kappa shape index (κ1) is 10.6. The van der Waals surface area contributed by atoms with Gasteiger partial charge in [-0.1, -0.05) is 0 Å². The first-order chi connectivity index (χ1) is 7.70. The molecular weight excluding hydrogens is 202 g/mol. The van der Waals surface area contributed by atoms with E-state index >= 15 is 0 Å². The number of nitrogens with one attached hydrogen (secondary N) is 1. The molecule has 0 unspecified atom stereocenters. The summed E-state index contributed by atoms with van der Waals surface area (Å²) in [6.45, 7) is 0.378. The highest BCUT2D eigenvalue weighted by molar-refractivity contribution is 5.59. The SMILES string of the molecule is CN(C)c1ccc(-c2n[nH]c(CN)n2)cc1. The highest BCUT2D eigenvalue weighted by Crippen LogP contribution is 2.18. The van der Waals surface area contributed by atoms with Gasteiger partial charge >= 0.3 is 0 Å². The third kappa shape index (κ3) is 2.04. The van der Waals surface area contributed by atoms with Crippen molar-refractivity contribution in [1.29, 1.82) is 0 Å². The molecule has 0 amide bonds. The zero-order chi connectivity index (χ0) is 11.5. The lowest BCUT2D eigenvalue weighted by molar-refractivity contribution is 0.917. The second kappa shape index (κ2) is 4.32. The Morgan fingerprint density at radius 2 is 1.94 bits per heavy atom. The monoisotopic (exact) mass is 217 g/mol. The number of hydrogen-bond donors (Lipinski definition) is 2. The summed E-state index contributed by atoms with van der Waals surface area (Å²) in [7, 11) is 4.02. The van der Waals surface area contributed by atoms with Gasteiger partial charge in [-0.05, 0) is 24.3 Å². The molecule has 5 nitrogen and oxygen atoms in total. The van der Waals surface area contributed by atoms with Crippen molar-refractivity contribution in [3.63, 3.8) is 0 Å². The van der Waals surface area contributed by atoms with Crippen molar-refractivity contribution in [3.05, 3.63) is 30.1 Å². The average molecular weight is 217 g/mol. The predicted molar refractivity (Wildman–Crippen MR) is 64.0 cm³/mol. The van der Waals surface area contributed by atoms with Gasteiger partial charge in [0.1, 0.15) is 5.82 Å². The molecule has 0 saturated heterocycles. The molecule has 0 aliphatic heterocycles. The lowest BCUT2D eigenvalue weighted by atomic mass is 10.2. The average Bonchev–Trinajstić information content (AvgIpc) is 2.77. The van der Waals surface area contributed by atoms with Crippen molar-refractivity contribution >= 4 is 5.69 Å². The molecule has 1 heterocycles. The minimum absolute atomic E-state index is 0.378. The number of benzene rings is 1. The maximum atomic E-state index is 5.46. The summed E-state index contributed by atoms with van der Waals surface area (Å²) in [4.78, 5) is 6.32. The van der Waals surface area contributed by atoms with E-state index in [4.69, 9.17) is 5.73 Å². The molecule has 2 aromatic rings. The number of aromatic amines is 1. The standard InChI is InChI=1S/C11H15N5/c1-16(2)9-5-3-8(4-6-9)11-13-10(7-12)14-15-11/h3-6H,7,12H2,1-2H3,(H,13,14,15). The number of nitrogens with zero attached hydrogens (tertiary/aromatic N) is 3. The molecule has 0 radical (unpaired) electrons. The van der Waals surface area contributed by atoms with Gasteiger partial charge in [0.25, 0.3) is 0 Å². The van der Waals surface area contributed by atoms with Gasteiger partial charge in [-0.25, -0.2) is 4.98 Å². The fraction of sp³-hybridized carbons (Fsp3) is 0.273. The number of anilines is 1. The highest BCUT2D eigenvalue weighted by Gasteiger charge is 2.04. The van der Waals surface area contributed by atoms with E-state index in [2.05, 4.69) is 15.2 Å². The summed E-state index contributed by atoms with van der Waals surface area (Å²) in [5, 5.41) is 6.90. The molecule has 1 aromatic heterocycles. The van der Waals surface area contributed by atoms with Crippen LogP contribution in [0.1, 0.15) is 5.82 Å². The maximum Gasteiger partial charge on any atom is 0.181 e. The van der Waals surface area contributed by atoms with E-state index in [1.807, 2.05) is 43.3 Å². The molecule has 2 rings (SSSR count). The summed E-state index contributed by atoms with van der Waals surface area (Å²) in [6, 6.07) is 8.07. The number of nitrogens with two attached hydrogens (primary N) is 1. The number of hydrogen-bond acceptors (Lipinski definition) is 4. The Bertz CT molecular complexity index is 457. The second-order valence-corrected chi connectivity index (χ2v) is 3.75. The molecule has 1 aromatic carbocycles. The largest absolute Gasteiger partial charge is 0.378 e. The molecule has 5 heteroatoms. The van der Waals surface area contributed by atoms with Crippen molar-refractivity contribution in [2.75, 3.05) is 19.0 Å². The van der Waals surface area contributed by atoms with E-state index in [0.717, 1.165) is 11.3 Å². The molecule has 0 fully saturated rings. The predicted octanol–water partition coefficient (Wildman–Crippen LogP) is 0.996. The van der Waals surface area contributed by atoms with Crippen molar-refractivity contribution in [1.82, 2.24) is 15.2 Å². The molecule has 16 heavy (non-hydrogen) atoms. The van der Waals surface area contributed by atoms with Crippen LogP contribution in [0.2, 0.25) is 0 Å². The van der Waals surface area contributed by atoms with Crippen LogP contribution in [0.3, 0.4) is 0 Å². The van der Waals surface area contributed by atoms with E-state index in [-0.39, 0.29) is 0 Å². The molecule has 3 N–H and O–H groups in total. The molecule has 0 spiro atoms. The van der Waals surface area contributed by atoms with Crippen LogP contribution in [-0.2, 0) is 6.54 Å². The highest BCUT2D eigenvalue weighted by atomic mass is 15.2. The molecule has 0 saturated carbocycles. The normalized spacial score (nSPS) is 10.4. The minimum atomic E-state index is 0.378. The fourth-order valence-electron chi connectivity index (χ4n) is 1.42. The number of aromatic nitrogens is 3.